The molecule has 1 unspecified atom stereocenters. The van der Waals surface area contributed by atoms with Gasteiger partial charge in [-0.2, -0.15) is 0 Å². The standard InChI is InChI=1S/C14H24N2O2/c1-11(2)18-10-13(16-15)7-4-12-5-8-14(17-3)9-6-12/h5-6,8-9,11,13,16H,4,7,10,15H2,1-3H3. The first kappa shape index (κ1) is 15.0. The van der Waals surface area contributed by atoms with E-state index in [0.29, 0.717) is 6.61 Å². The largest absolute Gasteiger partial charge is 0.497 e. The van der Waals surface area contributed by atoms with E-state index in [9.17, 15) is 0 Å². The molecule has 0 aromatic heterocycles. The molecule has 0 spiro atoms. The van der Waals surface area contributed by atoms with E-state index in [1.807, 2.05) is 26.0 Å². The van der Waals surface area contributed by atoms with Crippen molar-refractivity contribution >= 4 is 0 Å². The molecule has 0 heterocycles. The number of benzene rings is 1. The predicted octanol–water partition coefficient (Wildman–Crippen LogP) is 1.88. The molecule has 4 heteroatoms. The van der Waals surface area contributed by atoms with Crippen LogP contribution in [0.2, 0.25) is 0 Å². The van der Waals surface area contributed by atoms with Crippen molar-refractivity contribution in [2.75, 3.05) is 13.7 Å². The molecule has 0 aliphatic rings. The van der Waals surface area contributed by atoms with Crippen molar-refractivity contribution in [1.29, 1.82) is 0 Å². The number of nitrogens with one attached hydrogen (secondary N) is 1. The third-order valence-corrected chi connectivity index (χ3v) is 2.81. The maximum Gasteiger partial charge on any atom is 0.118 e. The molecule has 0 saturated heterocycles. The minimum absolute atomic E-state index is 0.189. The van der Waals surface area contributed by atoms with Gasteiger partial charge in [-0.3, -0.25) is 11.3 Å². The number of rotatable bonds is 8. The molecule has 0 aliphatic carbocycles. The van der Waals surface area contributed by atoms with Crippen LogP contribution in [0, 0.1) is 0 Å². The van der Waals surface area contributed by atoms with Gasteiger partial charge in [0.2, 0.25) is 0 Å². The zero-order valence-electron chi connectivity index (χ0n) is 11.5. The Labute approximate surface area is 109 Å². The third-order valence-electron chi connectivity index (χ3n) is 2.81. The molecule has 0 radical (unpaired) electrons. The highest BCUT2D eigenvalue weighted by molar-refractivity contribution is 5.27. The van der Waals surface area contributed by atoms with E-state index in [1.165, 1.54) is 5.56 Å². The maximum absolute atomic E-state index is 5.56. The zero-order chi connectivity index (χ0) is 13.4. The molecule has 0 amide bonds. The average molecular weight is 252 g/mol. The number of aryl methyl sites for hydroxylation is 1. The predicted molar refractivity (Wildman–Crippen MR) is 73.5 cm³/mol. The summed E-state index contributed by atoms with van der Waals surface area (Å²) in [6, 6.07) is 8.30. The van der Waals surface area contributed by atoms with Crippen LogP contribution in [0.4, 0.5) is 0 Å². The molecule has 4 nitrogen and oxygen atoms in total. The Kier molecular flexibility index (Phi) is 6.72. The van der Waals surface area contributed by atoms with Crippen LogP contribution in [0.3, 0.4) is 0 Å². The van der Waals surface area contributed by atoms with Gasteiger partial charge < -0.3 is 9.47 Å². The molecule has 0 bridgehead atoms. The van der Waals surface area contributed by atoms with Crippen LogP contribution >= 0.6 is 0 Å². The Morgan fingerprint density at radius 1 is 1.22 bits per heavy atom. The van der Waals surface area contributed by atoms with Crippen molar-refractivity contribution in [2.24, 2.45) is 5.84 Å². The van der Waals surface area contributed by atoms with Gasteiger partial charge in [-0.05, 0) is 44.4 Å². The molecule has 102 valence electrons. The lowest BCUT2D eigenvalue weighted by molar-refractivity contribution is 0.0596. The highest BCUT2D eigenvalue weighted by atomic mass is 16.5. The Morgan fingerprint density at radius 2 is 1.89 bits per heavy atom. The molecule has 18 heavy (non-hydrogen) atoms. The minimum atomic E-state index is 0.189. The quantitative estimate of drug-likeness (QED) is 0.548. The van der Waals surface area contributed by atoms with E-state index in [1.54, 1.807) is 7.11 Å². The normalized spacial score (nSPS) is 12.7. The summed E-state index contributed by atoms with van der Waals surface area (Å²) in [4.78, 5) is 0. The molecule has 1 aromatic rings. The van der Waals surface area contributed by atoms with Crippen LogP contribution < -0.4 is 16.0 Å². The summed E-state index contributed by atoms with van der Waals surface area (Å²) in [5.41, 5.74) is 4.08. The smallest absolute Gasteiger partial charge is 0.118 e. The summed E-state index contributed by atoms with van der Waals surface area (Å²) < 4.78 is 10.7. The monoisotopic (exact) mass is 252 g/mol. The van der Waals surface area contributed by atoms with E-state index >= 15 is 0 Å². The van der Waals surface area contributed by atoms with Gasteiger partial charge in [0.1, 0.15) is 5.75 Å². The summed E-state index contributed by atoms with van der Waals surface area (Å²) in [5, 5.41) is 0. The second-order valence-electron chi connectivity index (χ2n) is 4.63. The molecule has 3 N–H and O–H groups in total. The number of ether oxygens (including phenoxy) is 2. The van der Waals surface area contributed by atoms with Gasteiger partial charge in [0, 0.05) is 6.04 Å². The average Bonchev–Trinajstić information content (AvgIpc) is 2.39. The summed E-state index contributed by atoms with van der Waals surface area (Å²) in [5.74, 6) is 6.40. The van der Waals surface area contributed by atoms with E-state index in [2.05, 4.69) is 17.6 Å². The van der Waals surface area contributed by atoms with Gasteiger partial charge in [-0.1, -0.05) is 12.1 Å². The fourth-order valence-electron chi connectivity index (χ4n) is 1.66. The molecule has 0 fully saturated rings. The molecule has 1 aromatic carbocycles. The number of hydrazine groups is 1. The summed E-state index contributed by atoms with van der Waals surface area (Å²) in [6.07, 6.45) is 2.16. The summed E-state index contributed by atoms with van der Waals surface area (Å²) in [7, 11) is 1.67. The lowest BCUT2D eigenvalue weighted by Gasteiger charge is -2.17. The second-order valence-corrected chi connectivity index (χ2v) is 4.63. The van der Waals surface area contributed by atoms with Gasteiger partial charge in [-0.15, -0.1) is 0 Å². The maximum atomic E-state index is 5.56. The number of hydrogen-bond acceptors (Lipinski definition) is 4. The first-order valence-electron chi connectivity index (χ1n) is 6.36. The van der Waals surface area contributed by atoms with Crippen LogP contribution in [-0.2, 0) is 11.2 Å². The van der Waals surface area contributed by atoms with Crippen LogP contribution in [0.5, 0.6) is 5.75 Å². The molecular weight excluding hydrogens is 228 g/mol. The SMILES string of the molecule is COc1ccc(CCC(COC(C)C)NN)cc1. The van der Waals surface area contributed by atoms with E-state index < -0.39 is 0 Å². The van der Waals surface area contributed by atoms with Crippen LogP contribution in [-0.4, -0.2) is 25.9 Å². The van der Waals surface area contributed by atoms with Gasteiger partial charge in [-0.25, -0.2) is 0 Å². The molecule has 0 aliphatic heterocycles. The molecule has 0 saturated carbocycles. The van der Waals surface area contributed by atoms with Crippen molar-refractivity contribution in [3.63, 3.8) is 0 Å². The Morgan fingerprint density at radius 3 is 2.39 bits per heavy atom. The minimum Gasteiger partial charge on any atom is -0.497 e. The zero-order valence-corrected chi connectivity index (χ0v) is 11.5. The molecular formula is C14H24N2O2. The van der Waals surface area contributed by atoms with Gasteiger partial charge in [0.05, 0.1) is 19.8 Å². The second kappa shape index (κ2) is 8.08. The first-order chi connectivity index (χ1) is 8.65. The lowest BCUT2D eigenvalue weighted by atomic mass is 10.1. The Hall–Kier alpha value is -1.10. The van der Waals surface area contributed by atoms with Crippen molar-refractivity contribution in [3.05, 3.63) is 29.8 Å². The summed E-state index contributed by atoms with van der Waals surface area (Å²) >= 11 is 0. The summed E-state index contributed by atoms with van der Waals surface area (Å²) in [6.45, 7) is 4.69. The van der Waals surface area contributed by atoms with Crippen LogP contribution in [0.25, 0.3) is 0 Å². The number of hydrogen-bond donors (Lipinski definition) is 2. The van der Waals surface area contributed by atoms with Crippen LogP contribution in [0.1, 0.15) is 25.8 Å². The highest BCUT2D eigenvalue weighted by Crippen LogP contribution is 2.13. The fraction of sp³-hybridized carbons (Fsp3) is 0.571. The fourth-order valence-corrected chi connectivity index (χ4v) is 1.66. The van der Waals surface area contributed by atoms with Crippen molar-refractivity contribution in [3.8, 4) is 5.75 Å². The Bertz CT molecular complexity index is 325. The highest BCUT2D eigenvalue weighted by Gasteiger charge is 2.08. The van der Waals surface area contributed by atoms with E-state index in [4.69, 9.17) is 15.3 Å². The van der Waals surface area contributed by atoms with E-state index in [-0.39, 0.29) is 12.1 Å². The van der Waals surface area contributed by atoms with Crippen molar-refractivity contribution in [1.82, 2.24) is 5.43 Å². The number of nitrogens with two attached hydrogens (primary N) is 1. The Balaban J connectivity index is 2.36. The van der Waals surface area contributed by atoms with Gasteiger partial charge >= 0.3 is 0 Å². The third kappa shape index (κ3) is 5.49. The first-order valence-corrected chi connectivity index (χ1v) is 6.36. The van der Waals surface area contributed by atoms with Crippen molar-refractivity contribution in [2.45, 2.75) is 38.8 Å². The van der Waals surface area contributed by atoms with Crippen LogP contribution in [0.15, 0.2) is 24.3 Å². The molecule has 1 atom stereocenters. The molecule has 1 rings (SSSR count). The van der Waals surface area contributed by atoms with Crippen molar-refractivity contribution < 1.29 is 9.47 Å². The van der Waals surface area contributed by atoms with Gasteiger partial charge in [0.15, 0.2) is 0 Å². The topological polar surface area (TPSA) is 56.5 Å². The lowest BCUT2D eigenvalue weighted by Crippen LogP contribution is -2.39. The number of methoxy groups -OCH3 is 1. The van der Waals surface area contributed by atoms with Gasteiger partial charge in [0.25, 0.3) is 0 Å². The van der Waals surface area contributed by atoms with E-state index in [0.717, 1.165) is 18.6 Å².